The van der Waals surface area contributed by atoms with E-state index in [1.807, 2.05) is 48.5 Å². The van der Waals surface area contributed by atoms with Gasteiger partial charge in [-0.25, -0.2) is 4.79 Å². The maximum Gasteiger partial charge on any atom is 0.343 e. The van der Waals surface area contributed by atoms with Crippen LogP contribution in [0.4, 0.5) is 5.69 Å². The van der Waals surface area contributed by atoms with Gasteiger partial charge in [-0.15, -0.1) is 0 Å². The topological polar surface area (TPSA) is 88.4 Å². The number of ether oxygens (including phenoxy) is 2. The summed E-state index contributed by atoms with van der Waals surface area (Å²) in [7, 11) is 0. The van der Waals surface area contributed by atoms with Crippen LogP contribution in [0.25, 0.3) is 16.8 Å². The van der Waals surface area contributed by atoms with Crippen molar-refractivity contribution in [1.82, 2.24) is 0 Å². The zero-order valence-corrected chi connectivity index (χ0v) is 20.9. The Morgan fingerprint density at radius 3 is 2.47 bits per heavy atom. The molecule has 0 spiro atoms. The molecule has 0 aromatic heterocycles. The van der Waals surface area contributed by atoms with E-state index in [4.69, 9.17) is 9.47 Å². The Kier molecular flexibility index (Phi) is 7.79. The molecule has 7 heteroatoms. The number of hydrogen-bond donors (Lipinski definition) is 1. The average Bonchev–Trinajstić information content (AvgIpc) is 2.90. The van der Waals surface area contributed by atoms with Crippen molar-refractivity contribution in [3.05, 3.63) is 106 Å². The first kappa shape index (κ1) is 24.7. The molecule has 178 valence electrons. The van der Waals surface area contributed by atoms with Gasteiger partial charge < -0.3 is 14.8 Å². The number of benzene rings is 4. The first-order chi connectivity index (χ1) is 17.5. The molecule has 0 bridgehead atoms. The quantitative estimate of drug-likeness (QED) is 0.121. The summed E-state index contributed by atoms with van der Waals surface area (Å²) < 4.78 is 11.7. The third-order valence-corrected chi connectivity index (χ3v) is 5.84. The van der Waals surface area contributed by atoms with Gasteiger partial charge in [0.25, 0.3) is 5.91 Å². The van der Waals surface area contributed by atoms with Gasteiger partial charge in [-0.3, -0.25) is 4.79 Å². The molecule has 0 fully saturated rings. The number of amides is 1. The highest BCUT2D eigenvalue weighted by Gasteiger charge is 2.18. The van der Waals surface area contributed by atoms with E-state index in [2.05, 4.69) is 21.2 Å². The molecule has 0 aliphatic carbocycles. The first-order valence-electron chi connectivity index (χ1n) is 11.1. The average molecular weight is 541 g/mol. The summed E-state index contributed by atoms with van der Waals surface area (Å²) in [6.07, 6.45) is 1.45. The highest BCUT2D eigenvalue weighted by Crippen LogP contribution is 2.38. The van der Waals surface area contributed by atoms with E-state index in [1.54, 1.807) is 49.4 Å². The van der Waals surface area contributed by atoms with E-state index in [0.29, 0.717) is 33.6 Å². The number of esters is 1. The van der Waals surface area contributed by atoms with Crippen LogP contribution in [-0.4, -0.2) is 18.5 Å². The minimum Gasteiger partial charge on any atom is -0.490 e. The molecule has 0 saturated carbocycles. The summed E-state index contributed by atoms with van der Waals surface area (Å²) in [5.74, 6) is -0.564. The van der Waals surface area contributed by atoms with Gasteiger partial charge in [0.15, 0.2) is 11.5 Å². The molecule has 0 atom stereocenters. The lowest BCUT2D eigenvalue weighted by Crippen LogP contribution is -2.13. The van der Waals surface area contributed by atoms with E-state index < -0.39 is 11.9 Å². The second-order valence-corrected chi connectivity index (χ2v) is 8.52. The summed E-state index contributed by atoms with van der Waals surface area (Å²) in [5, 5.41) is 14.4. The fraction of sp³-hybridized carbons (Fsp3) is 0.0690. The molecule has 0 aliphatic heterocycles. The van der Waals surface area contributed by atoms with Crippen molar-refractivity contribution in [2.24, 2.45) is 0 Å². The third kappa shape index (κ3) is 5.62. The van der Waals surface area contributed by atoms with Crippen LogP contribution in [0.2, 0.25) is 0 Å². The summed E-state index contributed by atoms with van der Waals surface area (Å²) in [6, 6.07) is 27.1. The second kappa shape index (κ2) is 11.3. The van der Waals surface area contributed by atoms with Crippen molar-refractivity contribution in [3.63, 3.8) is 0 Å². The lowest BCUT2D eigenvalue weighted by molar-refractivity contribution is -0.112. The maximum atomic E-state index is 12.9. The molecule has 4 aromatic carbocycles. The van der Waals surface area contributed by atoms with Gasteiger partial charge in [0.2, 0.25) is 0 Å². The molecule has 0 radical (unpaired) electrons. The second-order valence-electron chi connectivity index (χ2n) is 7.67. The summed E-state index contributed by atoms with van der Waals surface area (Å²) in [4.78, 5) is 25.5. The number of nitrogens with zero attached hydrogens (tertiary/aromatic N) is 1. The monoisotopic (exact) mass is 540 g/mol. The van der Waals surface area contributed by atoms with Crippen molar-refractivity contribution >= 4 is 50.3 Å². The molecule has 36 heavy (non-hydrogen) atoms. The van der Waals surface area contributed by atoms with Gasteiger partial charge in [0.05, 0.1) is 16.6 Å². The highest BCUT2D eigenvalue weighted by molar-refractivity contribution is 9.10. The summed E-state index contributed by atoms with van der Waals surface area (Å²) >= 11 is 3.43. The number of rotatable bonds is 7. The van der Waals surface area contributed by atoms with Crippen molar-refractivity contribution < 1.29 is 19.1 Å². The summed E-state index contributed by atoms with van der Waals surface area (Å²) in [5.41, 5.74) is 1.44. The van der Waals surface area contributed by atoms with Crippen LogP contribution in [0.3, 0.4) is 0 Å². The Hall–Kier alpha value is -4.41. The van der Waals surface area contributed by atoms with Crippen molar-refractivity contribution in [1.29, 1.82) is 5.26 Å². The number of fused-ring (bicyclic) bond motifs is 1. The minimum absolute atomic E-state index is 0.0914. The molecule has 6 nitrogen and oxygen atoms in total. The number of hydrogen-bond acceptors (Lipinski definition) is 5. The lowest BCUT2D eigenvalue weighted by Gasteiger charge is -2.14. The number of anilines is 1. The molecule has 4 aromatic rings. The van der Waals surface area contributed by atoms with Crippen molar-refractivity contribution in [2.75, 3.05) is 11.9 Å². The molecule has 0 saturated heterocycles. The molecule has 1 N–H and O–H groups in total. The van der Waals surface area contributed by atoms with Gasteiger partial charge in [-0.1, -0.05) is 54.6 Å². The fourth-order valence-corrected chi connectivity index (χ4v) is 4.14. The number of nitrogens with one attached hydrogen (secondary N) is 1. The van der Waals surface area contributed by atoms with E-state index in [0.717, 1.165) is 10.8 Å². The van der Waals surface area contributed by atoms with Gasteiger partial charge in [-0.2, -0.15) is 5.26 Å². The number of halogens is 1. The standard InChI is InChI=1S/C29H21BrN2O4/c1-2-35-26-17-19(16-24(30)27(26)36-29(34)21-10-4-3-5-11-21)15-22(18-31)28(33)32-25-14-8-12-20-9-6-7-13-23(20)25/h3-17H,2H2,1H3,(H,32,33)/b22-15+. The lowest BCUT2D eigenvalue weighted by atomic mass is 10.1. The Labute approximate surface area is 216 Å². The molecule has 0 unspecified atom stereocenters. The summed E-state index contributed by atoms with van der Waals surface area (Å²) in [6.45, 7) is 2.12. The van der Waals surface area contributed by atoms with Crippen LogP contribution in [0.1, 0.15) is 22.8 Å². The zero-order valence-electron chi connectivity index (χ0n) is 19.3. The van der Waals surface area contributed by atoms with Crippen LogP contribution < -0.4 is 14.8 Å². The number of carbonyl (C=O) groups is 2. The van der Waals surface area contributed by atoms with Crippen LogP contribution >= 0.6 is 15.9 Å². The predicted octanol–water partition coefficient (Wildman–Crippen LogP) is 6.77. The van der Waals surface area contributed by atoms with E-state index in [-0.39, 0.29) is 11.3 Å². The van der Waals surface area contributed by atoms with Gasteiger partial charge in [0.1, 0.15) is 11.6 Å². The predicted molar refractivity (Wildman–Crippen MR) is 143 cm³/mol. The SMILES string of the molecule is CCOc1cc(/C=C(\C#N)C(=O)Nc2cccc3ccccc23)cc(Br)c1OC(=O)c1ccccc1. The normalized spacial score (nSPS) is 11.0. The van der Waals surface area contributed by atoms with Crippen LogP contribution in [0.15, 0.2) is 95.0 Å². The third-order valence-electron chi connectivity index (χ3n) is 5.25. The molecular weight excluding hydrogens is 520 g/mol. The Balaban J connectivity index is 1.62. The van der Waals surface area contributed by atoms with E-state index in [1.165, 1.54) is 6.08 Å². The van der Waals surface area contributed by atoms with E-state index >= 15 is 0 Å². The van der Waals surface area contributed by atoms with Crippen molar-refractivity contribution in [3.8, 4) is 17.6 Å². The smallest absolute Gasteiger partial charge is 0.343 e. The van der Waals surface area contributed by atoms with Gasteiger partial charge >= 0.3 is 5.97 Å². The highest BCUT2D eigenvalue weighted by atomic mass is 79.9. The van der Waals surface area contributed by atoms with Crippen LogP contribution in [-0.2, 0) is 4.79 Å². The largest absolute Gasteiger partial charge is 0.490 e. The van der Waals surface area contributed by atoms with Crippen LogP contribution in [0, 0.1) is 11.3 Å². The van der Waals surface area contributed by atoms with Gasteiger partial charge in [0, 0.05) is 11.1 Å². The van der Waals surface area contributed by atoms with Crippen molar-refractivity contribution in [2.45, 2.75) is 6.92 Å². The number of carbonyl (C=O) groups excluding carboxylic acids is 2. The Bertz CT molecular complexity index is 1500. The minimum atomic E-state index is -0.539. The van der Waals surface area contributed by atoms with Crippen LogP contribution in [0.5, 0.6) is 11.5 Å². The first-order valence-corrected chi connectivity index (χ1v) is 11.9. The molecular formula is C29H21BrN2O4. The zero-order chi connectivity index (χ0) is 25.5. The molecule has 0 aliphatic rings. The Morgan fingerprint density at radius 2 is 1.72 bits per heavy atom. The molecule has 0 heterocycles. The van der Waals surface area contributed by atoms with E-state index in [9.17, 15) is 14.9 Å². The molecule has 1 amide bonds. The number of nitriles is 1. The molecule has 4 rings (SSSR count). The maximum absolute atomic E-state index is 12.9. The Morgan fingerprint density at radius 1 is 1.00 bits per heavy atom. The van der Waals surface area contributed by atoms with Gasteiger partial charge in [-0.05, 0) is 70.2 Å². The fourth-order valence-electron chi connectivity index (χ4n) is 3.60.